The molecule has 0 radical (unpaired) electrons. The highest BCUT2D eigenvalue weighted by molar-refractivity contribution is 5.90. The van der Waals surface area contributed by atoms with E-state index in [0.717, 1.165) is 46.5 Å². The Labute approximate surface area is 124 Å². The molecule has 108 valence electrons. The van der Waals surface area contributed by atoms with Crippen LogP contribution in [0.2, 0.25) is 0 Å². The van der Waals surface area contributed by atoms with Crippen molar-refractivity contribution in [1.29, 1.82) is 0 Å². The van der Waals surface area contributed by atoms with E-state index < -0.39 is 0 Å². The third-order valence-electron chi connectivity index (χ3n) is 3.82. The Morgan fingerprint density at radius 3 is 2.43 bits per heavy atom. The lowest BCUT2D eigenvalue weighted by Crippen LogP contribution is -1.96. The molecule has 3 nitrogen and oxygen atoms in total. The number of fused-ring (bicyclic) bond motifs is 1. The van der Waals surface area contributed by atoms with Crippen molar-refractivity contribution in [3.8, 4) is 11.5 Å². The topological polar surface area (TPSA) is 31.4 Å². The highest BCUT2D eigenvalue weighted by atomic mass is 16.5. The largest absolute Gasteiger partial charge is 0.493 e. The van der Waals surface area contributed by atoms with E-state index in [4.69, 9.17) is 14.5 Å². The Kier molecular flexibility index (Phi) is 3.65. The van der Waals surface area contributed by atoms with Gasteiger partial charge in [0.2, 0.25) is 0 Å². The maximum absolute atomic E-state index is 5.40. The van der Waals surface area contributed by atoms with Crippen LogP contribution in [0.5, 0.6) is 11.5 Å². The zero-order chi connectivity index (χ0) is 14.8. The Hall–Kier alpha value is -2.29. The van der Waals surface area contributed by atoms with Gasteiger partial charge in [-0.3, -0.25) is 4.98 Å². The van der Waals surface area contributed by atoms with Crippen molar-refractivity contribution in [2.45, 2.75) is 19.8 Å². The van der Waals surface area contributed by atoms with Gasteiger partial charge in [0, 0.05) is 11.1 Å². The molecule has 0 saturated heterocycles. The van der Waals surface area contributed by atoms with Crippen molar-refractivity contribution in [3.63, 3.8) is 0 Å². The maximum atomic E-state index is 5.40. The number of benzene rings is 1. The summed E-state index contributed by atoms with van der Waals surface area (Å²) in [6.07, 6.45) is 8.79. The van der Waals surface area contributed by atoms with E-state index in [1.807, 2.05) is 19.1 Å². The van der Waals surface area contributed by atoms with E-state index in [1.165, 1.54) is 5.57 Å². The Bertz CT molecular complexity index is 744. The predicted octanol–water partition coefficient (Wildman–Crippen LogP) is 4.29. The van der Waals surface area contributed by atoms with Crippen LogP contribution in [-0.2, 0) is 0 Å². The van der Waals surface area contributed by atoms with Crippen LogP contribution in [0.1, 0.15) is 24.2 Å². The summed E-state index contributed by atoms with van der Waals surface area (Å²) in [4.78, 5) is 4.74. The molecule has 1 aliphatic carbocycles. The van der Waals surface area contributed by atoms with Gasteiger partial charge < -0.3 is 9.47 Å². The van der Waals surface area contributed by atoms with Crippen LogP contribution in [0.25, 0.3) is 16.3 Å². The van der Waals surface area contributed by atoms with Gasteiger partial charge in [-0.05, 0) is 48.9 Å². The standard InChI is InChI=1S/C18H19NO2/c1-12-15-11-18(21-3)17(20-2)10-14(15)9-16(19-12)13-7-5-4-6-8-13/h5,7-11H,4,6H2,1-3H3. The van der Waals surface area contributed by atoms with Crippen molar-refractivity contribution in [1.82, 2.24) is 4.98 Å². The summed E-state index contributed by atoms with van der Waals surface area (Å²) in [5.41, 5.74) is 3.22. The van der Waals surface area contributed by atoms with E-state index in [1.54, 1.807) is 14.2 Å². The molecule has 1 aromatic carbocycles. The molecule has 0 N–H and O–H groups in total. The number of aromatic nitrogens is 1. The molecule has 21 heavy (non-hydrogen) atoms. The van der Waals surface area contributed by atoms with Crippen LogP contribution >= 0.6 is 0 Å². The van der Waals surface area contributed by atoms with Gasteiger partial charge in [0.1, 0.15) is 0 Å². The molecular formula is C18H19NO2. The summed E-state index contributed by atoms with van der Waals surface area (Å²) >= 11 is 0. The quantitative estimate of drug-likeness (QED) is 0.840. The molecule has 3 heteroatoms. The van der Waals surface area contributed by atoms with Crippen molar-refractivity contribution < 1.29 is 9.47 Å². The molecule has 0 aliphatic heterocycles. The van der Waals surface area contributed by atoms with Crippen LogP contribution in [0.4, 0.5) is 0 Å². The number of hydrogen-bond donors (Lipinski definition) is 0. The van der Waals surface area contributed by atoms with Gasteiger partial charge in [-0.2, -0.15) is 0 Å². The Balaban J connectivity index is 2.19. The molecule has 3 rings (SSSR count). The Morgan fingerprint density at radius 2 is 1.76 bits per heavy atom. The minimum Gasteiger partial charge on any atom is -0.493 e. The lowest BCUT2D eigenvalue weighted by Gasteiger charge is -2.13. The fraction of sp³-hybridized carbons (Fsp3) is 0.278. The van der Waals surface area contributed by atoms with E-state index in [9.17, 15) is 0 Å². The number of nitrogens with zero attached hydrogens (tertiary/aromatic N) is 1. The van der Waals surface area contributed by atoms with Crippen molar-refractivity contribution >= 4 is 16.3 Å². The normalized spacial score (nSPS) is 14.1. The summed E-state index contributed by atoms with van der Waals surface area (Å²) in [6, 6.07) is 6.12. The minimum atomic E-state index is 0.736. The van der Waals surface area contributed by atoms with Crippen LogP contribution in [0.15, 0.2) is 36.4 Å². The lowest BCUT2D eigenvalue weighted by atomic mass is 10.0. The molecule has 0 unspecified atom stereocenters. The fourth-order valence-electron chi connectivity index (χ4n) is 2.70. The number of methoxy groups -OCH3 is 2. The highest BCUT2D eigenvalue weighted by Gasteiger charge is 2.11. The lowest BCUT2D eigenvalue weighted by molar-refractivity contribution is 0.356. The highest BCUT2D eigenvalue weighted by Crippen LogP contribution is 2.34. The molecule has 1 aliphatic rings. The zero-order valence-corrected chi connectivity index (χ0v) is 12.6. The van der Waals surface area contributed by atoms with Crippen molar-refractivity contribution in [2.75, 3.05) is 14.2 Å². The molecule has 0 spiro atoms. The number of ether oxygens (including phenoxy) is 2. The first-order valence-electron chi connectivity index (χ1n) is 7.13. The van der Waals surface area contributed by atoms with Gasteiger partial charge in [-0.1, -0.05) is 18.2 Å². The molecule has 1 aromatic heterocycles. The van der Waals surface area contributed by atoms with Crippen molar-refractivity contribution in [3.05, 3.63) is 47.8 Å². The molecule has 2 aromatic rings. The fourth-order valence-corrected chi connectivity index (χ4v) is 2.70. The van der Waals surface area contributed by atoms with Gasteiger partial charge in [0.25, 0.3) is 0 Å². The van der Waals surface area contributed by atoms with Gasteiger partial charge in [0.15, 0.2) is 11.5 Å². The molecule has 0 saturated carbocycles. The Morgan fingerprint density at radius 1 is 1.00 bits per heavy atom. The molecule has 0 bridgehead atoms. The second kappa shape index (κ2) is 5.60. The molecule has 0 fully saturated rings. The first-order valence-corrected chi connectivity index (χ1v) is 7.13. The van der Waals surface area contributed by atoms with Crippen LogP contribution in [-0.4, -0.2) is 19.2 Å². The average molecular weight is 281 g/mol. The SMILES string of the molecule is COc1cc2cc(C3=CCCC=C3)nc(C)c2cc1OC. The molecular weight excluding hydrogens is 262 g/mol. The smallest absolute Gasteiger partial charge is 0.161 e. The second-order valence-corrected chi connectivity index (χ2v) is 5.16. The third kappa shape index (κ3) is 2.51. The third-order valence-corrected chi connectivity index (χ3v) is 3.82. The van der Waals surface area contributed by atoms with E-state index in [2.05, 4.69) is 24.3 Å². The monoisotopic (exact) mass is 281 g/mol. The molecule has 0 amide bonds. The molecule has 0 atom stereocenters. The first-order chi connectivity index (χ1) is 10.2. The van der Waals surface area contributed by atoms with Crippen LogP contribution in [0, 0.1) is 6.92 Å². The number of rotatable bonds is 3. The van der Waals surface area contributed by atoms with Crippen LogP contribution in [0.3, 0.4) is 0 Å². The summed E-state index contributed by atoms with van der Waals surface area (Å²) in [6.45, 7) is 2.03. The van der Waals surface area contributed by atoms with Gasteiger partial charge in [0.05, 0.1) is 19.9 Å². The van der Waals surface area contributed by atoms with E-state index in [-0.39, 0.29) is 0 Å². The number of hydrogen-bond acceptors (Lipinski definition) is 3. The summed E-state index contributed by atoms with van der Waals surface area (Å²) in [7, 11) is 3.31. The first kappa shape index (κ1) is 13.7. The summed E-state index contributed by atoms with van der Waals surface area (Å²) < 4.78 is 10.8. The van der Waals surface area contributed by atoms with Gasteiger partial charge in [-0.15, -0.1) is 0 Å². The van der Waals surface area contributed by atoms with E-state index >= 15 is 0 Å². The van der Waals surface area contributed by atoms with Crippen LogP contribution < -0.4 is 9.47 Å². The predicted molar refractivity (Wildman–Crippen MR) is 85.9 cm³/mol. The maximum Gasteiger partial charge on any atom is 0.161 e. The minimum absolute atomic E-state index is 0.736. The van der Waals surface area contributed by atoms with E-state index in [0.29, 0.717) is 0 Å². The molecule has 1 heterocycles. The van der Waals surface area contributed by atoms with Crippen molar-refractivity contribution in [2.24, 2.45) is 0 Å². The second-order valence-electron chi connectivity index (χ2n) is 5.16. The zero-order valence-electron chi connectivity index (χ0n) is 12.6. The number of pyridine rings is 1. The number of allylic oxidation sites excluding steroid dienone is 4. The van der Waals surface area contributed by atoms with Gasteiger partial charge >= 0.3 is 0 Å². The average Bonchev–Trinajstić information content (AvgIpc) is 2.54. The summed E-state index contributed by atoms with van der Waals surface area (Å²) in [5.74, 6) is 1.48. The van der Waals surface area contributed by atoms with Gasteiger partial charge in [-0.25, -0.2) is 0 Å². The number of aryl methyl sites for hydroxylation is 1. The summed E-state index contributed by atoms with van der Waals surface area (Å²) in [5, 5.41) is 2.21.